The number of carboxylic acids is 1. The van der Waals surface area contributed by atoms with Crippen LogP contribution in [0.1, 0.15) is 52.5 Å². The quantitative estimate of drug-likeness (QED) is 0.768. The summed E-state index contributed by atoms with van der Waals surface area (Å²) in [5.41, 5.74) is 2.33. The summed E-state index contributed by atoms with van der Waals surface area (Å²) >= 11 is 0. The van der Waals surface area contributed by atoms with Crippen LogP contribution in [0.5, 0.6) is 0 Å². The van der Waals surface area contributed by atoms with Crippen molar-refractivity contribution in [2.45, 2.75) is 32.4 Å². The minimum atomic E-state index is -1.11. The van der Waals surface area contributed by atoms with Gasteiger partial charge in [0, 0.05) is 19.3 Å². The lowest BCUT2D eigenvalue weighted by Gasteiger charge is -2.25. The average Bonchev–Trinajstić information content (AvgIpc) is 3.31. The molecule has 3 aromatic rings. The van der Waals surface area contributed by atoms with Gasteiger partial charge in [-0.1, -0.05) is 12.1 Å². The SMILES string of the molecule is CCn1c([C@@H]2CCCN2C(=O)c2ccc(C(=O)O)nc2)nc2ccccc21. The molecule has 27 heavy (non-hydrogen) atoms. The van der Waals surface area contributed by atoms with Crippen LogP contribution in [0.2, 0.25) is 0 Å². The summed E-state index contributed by atoms with van der Waals surface area (Å²) in [4.78, 5) is 34.5. The smallest absolute Gasteiger partial charge is 0.354 e. The minimum Gasteiger partial charge on any atom is -0.477 e. The maximum atomic E-state index is 13.0. The minimum absolute atomic E-state index is 0.0719. The first-order chi connectivity index (χ1) is 13.1. The van der Waals surface area contributed by atoms with Crippen LogP contribution in [0.25, 0.3) is 11.0 Å². The molecule has 1 amide bonds. The summed E-state index contributed by atoms with van der Waals surface area (Å²) in [6.07, 6.45) is 3.10. The summed E-state index contributed by atoms with van der Waals surface area (Å²) in [5.74, 6) is -0.346. The molecule has 0 aliphatic carbocycles. The second-order valence-corrected chi connectivity index (χ2v) is 6.60. The zero-order valence-electron chi connectivity index (χ0n) is 15.0. The molecule has 1 aromatic carbocycles. The van der Waals surface area contributed by atoms with Gasteiger partial charge in [-0.3, -0.25) is 4.79 Å². The van der Waals surface area contributed by atoms with E-state index < -0.39 is 5.97 Å². The number of fused-ring (bicyclic) bond motifs is 1. The molecule has 1 atom stereocenters. The third kappa shape index (κ3) is 2.95. The van der Waals surface area contributed by atoms with Crippen molar-refractivity contribution < 1.29 is 14.7 Å². The van der Waals surface area contributed by atoms with Crippen LogP contribution in [0.15, 0.2) is 42.6 Å². The van der Waals surface area contributed by atoms with Crippen molar-refractivity contribution in [3.05, 3.63) is 59.7 Å². The van der Waals surface area contributed by atoms with E-state index in [0.717, 1.165) is 36.2 Å². The first-order valence-corrected chi connectivity index (χ1v) is 9.05. The molecule has 0 radical (unpaired) electrons. The Hall–Kier alpha value is -3.22. The summed E-state index contributed by atoms with van der Waals surface area (Å²) < 4.78 is 2.16. The number of aromatic nitrogens is 3. The summed E-state index contributed by atoms with van der Waals surface area (Å²) in [6, 6.07) is 10.8. The fraction of sp³-hybridized carbons (Fsp3) is 0.300. The van der Waals surface area contributed by atoms with Gasteiger partial charge in [-0.15, -0.1) is 0 Å². The topological polar surface area (TPSA) is 88.3 Å². The van der Waals surface area contributed by atoms with Crippen molar-refractivity contribution in [3.8, 4) is 0 Å². The van der Waals surface area contributed by atoms with Crippen molar-refractivity contribution in [1.29, 1.82) is 0 Å². The number of nitrogens with zero attached hydrogens (tertiary/aromatic N) is 4. The lowest BCUT2D eigenvalue weighted by Crippen LogP contribution is -2.32. The lowest BCUT2D eigenvalue weighted by atomic mass is 10.1. The Bertz CT molecular complexity index is 1010. The highest BCUT2D eigenvalue weighted by molar-refractivity contribution is 5.95. The van der Waals surface area contributed by atoms with Crippen LogP contribution in [0.3, 0.4) is 0 Å². The van der Waals surface area contributed by atoms with Crippen molar-refractivity contribution >= 4 is 22.9 Å². The Morgan fingerprint density at radius 2 is 2.04 bits per heavy atom. The van der Waals surface area contributed by atoms with Crippen molar-refractivity contribution in [3.63, 3.8) is 0 Å². The second kappa shape index (κ2) is 6.83. The first-order valence-electron chi connectivity index (χ1n) is 9.05. The van der Waals surface area contributed by atoms with Crippen LogP contribution in [-0.4, -0.2) is 43.0 Å². The lowest BCUT2D eigenvalue weighted by molar-refractivity contribution is 0.0685. The highest BCUT2D eigenvalue weighted by Crippen LogP contribution is 2.34. The van der Waals surface area contributed by atoms with Gasteiger partial charge in [0.2, 0.25) is 0 Å². The maximum absolute atomic E-state index is 13.0. The number of amides is 1. The Kier molecular flexibility index (Phi) is 4.35. The molecule has 3 heterocycles. The van der Waals surface area contributed by atoms with E-state index in [1.807, 2.05) is 29.2 Å². The molecule has 0 bridgehead atoms. The number of carbonyl (C=O) groups is 2. The monoisotopic (exact) mass is 364 g/mol. The number of hydrogen-bond acceptors (Lipinski definition) is 4. The molecule has 0 spiro atoms. The Morgan fingerprint density at radius 3 is 2.74 bits per heavy atom. The van der Waals surface area contributed by atoms with Gasteiger partial charge in [-0.05, 0) is 44.0 Å². The summed E-state index contributed by atoms with van der Waals surface area (Å²) in [7, 11) is 0. The number of pyridine rings is 1. The highest BCUT2D eigenvalue weighted by Gasteiger charge is 2.34. The van der Waals surface area contributed by atoms with Gasteiger partial charge in [-0.2, -0.15) is 0 Å². The molecule has 1 saturated heterocycles. The molecular weight excluding hydrogens is 344 g/mol. The third-order valence-electron chi connectivity index (χ3n) is 5.04. The second-order valence-electron chi connectivity index (χ2n) is 6.60. The van der Waals surface area contributed by atoms with Crippen LogP contribution in [-0.2, 0) is 6.54 Å². The third-order valence-corrected chi connectivity index (χ3v) is 5.04. The van der Waals surface area contributed by atoms with E-state index >= 15 is 0 Å². The summed E-state index contributed by atoms with van der Waals surface area (Å²) in [5, 5.41) is 8.97. The van der Waals surface area contributed by atoms with E-state index in [9.17, 15) is 9.59 Å². The standard InChI is InChI=1S/C20H20N4O3/c1-2-23-16-7-4-3-6-14(16)22-18(23)17-8-5-11-24(17)19(25)13-9-10-15(20(26)27)21-12-13/h3-4,6-7,9-10,12,17H,2,5,8,11H2,1H3,(H,26,27)/t17-/m0/s1. The zero-order valence-corrected chi connectivity index (χ0v) is 15.0. The van der Waals surface area contributed by atoms with Gasteiger partial charge in [0.1, 0.15) is 11.5 Å². The highest BCUT2D eigenvalue weighted by atomic mass is 16.4. The van der Waals surface area contributed by atoms with E-state index in [2.05, 4.69) is 16.5 Å². The van der Waals surface area contributed by atoms with Gasteiger partial charge in [0.05, 0.1) is 22.6 Å². The molecule has 1 aliphatic rings. The average molecular weight is 364 g/mol. The van der Waals surface area contributed by atoms with Crippen LogP contribution in [0.4, 0.5) is 0 Å². The normalized spacial score (nSPS) is 16.8. The number of likely N-dealkylation sites (tertiary alicyclic amines) is 1. The number of imidazole rings is 1. The Morgan fingerprint density at radius 1 is 1.22 bits per heavy atom. The summed E-state index contributed by atoms with van der Waals surface area (Å²) in [6.45, 7) is 3.51. The maximum Gasteiger partial charge on any atom is 0.354 e. The number of aromatic carboxylic acids is 1. The van der Waals surface area contributed by atoms with E-state index in [4.69, 9.17) is 10.1 Å². The fourth-order valence-corrected chi connectivity index (χ4v) is 3.77. The molecule has 7 heteroatoms. The molecule has 0 saturated carbocycles. The molecule has 1 aliphatic heterocycles. The molecule has 2 aromatic heterocycles. The molecule has 0 unspecified atom stereocenters. The predicted molar refractivity (Wildman–Crippen MR) is 99.6 cm³/mol. The van der Waals surface area contributed by atoms with Crippen molar-refractivity contribution in [2.75, 3.05) is 6.54 Å². The largest absolute Gasteiger partial charge is 0.477 e. The number of aryl methyl sites for hydroxylation is 1. The Labute approximate surface area is 156 Å². The zero-order chi connectivity index (χ0) is 19.0. The van der Waals surface area contributed by atoms with Crippen LogP contribution in [0, 0.1) is 0 Å². The van der Waals surface area contributed by atoms with E-state index in [0.29, 0.717) is 12.1 Å². The van der Waals surface area contributed by atoms with E-state index in [1.54, 1.807) is 0 Å². The molecule has 4 rings (SSSR count). The predicted octanol–water partition coefficient (Wildman–Crippen LogP) is 3.13. The van der Waals surface area contributed by atoms with Gasteiger partial charge >= 0.3 is 5.97 Å². The van der Waals surface area contributed by atoms with Crippen LogP contribution < -0.4 is 0 Å². The van der Waals surface area contributed by atoms with Crippen LogP contribution >= 0.6 is 0 Å². The van der Waals surface area contributed by atoms with E-state index in [-0.39, 0.29) is 17.6 Å². The number of para-hydroxylation sites is 2. The number of carbonyl (C=O) groups excluding carboxylic acids is 1. The molecule has 1 N–H and O–H groups in total. The van der Waals surface area contributed by atoms with Gasteiger partial charge < -0.3 is 14.6 Å². The number of benzene rings is 1. The van der Waals surface area contributed by atoms with Gasteiger partial charge in [0.15, 0.2) is 0 Å². The molecular formula is C20H20N4O3. The number of carboxylic acid groups (broad SMARTS) is 1. The van der Waals surface area contributed by atoms with E-state index in [1.165, 1.54) is 18.3 Å². The van der Waals surface area contributed by atoms with Gasteiger partial charge in [0.25, 0.3) is 5.91 Å². The number of hydrogen-bond donors (Lipinski definition) is 1. The van der Waals surface area contributed by atoms with Crippen molar-refractivity contribution in [1.82, 2.24) is 19.4 Å². The fourth-order valence-electron chi connectivity index (χ4n) is 3.77. The molecule has 1 fully saturated rings. The van der Waals surface area contributed by atoms with Gasteiger partial charge in [-0.25, -0.2) is 14.8 Å². The molecule has 138 valence electrons. The van der Waals surface area contributed by atoms with Crippen molar-refractivity contribution in [2.24, 2.45) is 0 Å². The number of rotatable bonds is 4. The first kappa shape index (κ1) is 17.2. The Balaban J connectivity index is 1.68. The molecule has 7 nitrogen and oxygen atoms in total.